The molecule has 2 aliphatic heterocycles. The number of fused-ring (bicyclic) bond motifs is 1. The van der Waals surface area contributed by atoms with E-state index in [4.69, 9.17) is 0 Å². The minimum atomic E-state index is -3.37. The van der Waals surface area contributed by atoms with Crippen LogP contribution in [0.5, 0.6) is 0 Å². The summed E-state index contributed by atoms with van der Waals surface area (Å²) < 4.78 is 23.2. The standard InChI is InChI=1S/C16H21N3O6S/c1-3-26(24,25)9-7-11(14(21)22)17-15(23)16(2)10-13(20)18-12-6-4-5-8-19(12)16/h4-6,8,11H,3,7,9-10H2,1-2H3,(H,17,23)(H,21,22). The third-order valence-electron chi connectivity index (χ3n) is 4.35. The fourth-order valence-electron chi connectivity index (χ4n) is 2.69. The van der Waals surface area contributed by atoms with Crippen molar-refractivity contribution >= 4 is 33.5 Å². The maximum Gasteiger partial charge on any atom is 0.326 e. The molecule has 0 aromatic rings. The van der Waals surface area contributed by atoms with Gasteiger partial charge in [-0.25, -0.2) is 13.2 Å². The summed E-state index contributed by atoms with van der Waals surface area (Å²) in [4.78, 5) is 41.5. The number of nitrogens with zero attached hydrogens (tertiary/aromatic N) is 2. The van der Waals surface area contributed by atoms with E-state index >= 15 is 0 Å². The first-order valence-electron chi connectivity index (χ1n) is 8.09. The van der Waals surface area contributed by atoms with Crippen LogP contribution in [0.1, 0.15) is 26.7 Å². The van der Waals surface area contributed by atoms with Crippen molar-refractivity contribution in [1.29, 1.82) is 0 Å². The Morgan fingerprint density at radius 2 is 2.12 bits per heavy atom. The Balaban J connectivity index is 2.19. The number of carbonyl (C=O) groups excluding carboxylic acids is 2. The number of hydrogen-bond donors (Lipinski definition) is 2. The number of allylic oxidation sites excluding steroid dienone is 2. The first-order valence-corrected chi connectivity index (χ1v) is 9.91. The Bertz CT molecular complexity index is 814. The van der Waals surface area contributed by atoms with Gasteiger partial charge in [0.1, 0.15) is 27.3 Å². The lowest BCUT2D eigenvalue weighted by Crippen LogP contribution is -2.62. The van der Waals surface area contributed by atoms with Gasteiger partial charge in [0.25, 0.3) is 5.91 Å². The zero-order chi connectivity index (χ0) is 19.5. The molecular formula is C16H21N3O6S. The highest BCUT2D eigenvalue weighted by molar-refractivity contribution is 7.91. The van der Waals surface area contributed by atoms with Crippen molar-refractivity contribution in [2.75, 3.05) is 11.5 Å². The van der Waals surface area contributed by atoms with Gasteiger partial charge in [-0.1, -0.05) is 13.0 Å². The number of nitrogens with one attached hydrogen (secondary N) is 1. The van der Waals surface area contributed by atoms with Crippen molar-refractivity contribution in [1.82, 2.24) is 10.2 Å². The number of carboxylic acid groups (broad SMARTS) is 1. The molecule has 2 N–H and O–H groups in total. The fraction of sp³-hybridized carbons (Fsp3) is 0.500. The highest BCUT2D eigenvalue weighted by Crippen LogP contribution is 2.28. The predicted molar refractivity (Wildman–Crippen MR) is 94.1 cm³/mol. The second-order valence-electron chi connectivity index (χ2n) is 6.27. The first-order chi connectivity index (χ1) is 12.1. The lowest BCUT2D eigenvalue weighted by atomic mass is 9.90. The molecule has 142 valence electrons. The molecule has 2 atom stereocenters. The van der Waals surface area contributed by atoms with Crippen LogP contribution >= 0.6 is 0 Å². The lowest BCUT2D eigenvalue weighted by molar-refractivity contribution is -0.144. The Labute approximate surface area is 151 Å². The van der Waals surface area contributed by atoms with Gasteiger partial charge in [0.2, 0.25) is 5.91 Å². The Morgan fingerprint density at radius 3 is 2.73 bits per heavy atom. The van der Waals surface area contributed by atoms with Crippen molar-refractivity contribution in [3.05, 3.63) is 24.4 Å². The van der Waals surface area contributed by atoms with Crippen molar-refractivity contribution in [3.8, 4) is 0 Å². The summed E-state index contributed by atoms with van der Waals surface area (Å²) in [5, 5.41) is 11.7. The van der Waals surface area contributed by atoms with Gasteiger partial charge in [-0.15, -0.1) is 0 Å². The number of amidine groups is 1. The first kappa shape index (κ1) is 19.8. The van der Waals surface area contributed by atoms with Crippen LogP contribution in [-0.4, -0.2) is 65.1 Å². The Kier molecular flexibility index (Phi) is 5.65. The van der Waals surface area contributed by atoms with Gasteiger partial charge in [-0.2, -0.15) is 4.99 Å². The van der Waals surface area contributed by atoms with E-state index in [1.807, 2.05) is 0 Å². The van der Waals surface area contributed by atoms with Gasteiger partial charge in [0, 0.05) is 12.0 Å². The van der Waals surface area contributed by atoms with Gasteiger partial charge in [-0.3, -0.25) is 9.59 Å². The Hall–Kier alpha value is -2.49. The molecule has 2 amide bonds. The summed E-state index contributed by atoms with van der Waals surface area (Å²) in [6, 6.07) is -1.37. The molecule has 10 heteroatoms. The molecule has 0 spiro atoms. The van der Waals surface area contributed by atoms with E-state index < -0.39 is 39.2 Å². The van der Waals surface area contributed by atoms with Crippen LogP contribution in [0.25, 0.3) is 0 Å². The van der Waals surface area contributed by atoms with E-state index in [0.717, 1.165) is 0 Å². The minimum absolute atomic E-state index is 0.107. The van der Waals surface area contributed by atoms with Crippen molar-refractivity contribution in [2.24, 2.45) is 4.99 Å². The number of hydrogen-bond acceptors (Lipinski definition) is 6. The van der Waals surface area contributed by atoms with E-state index in [-0.39, 0.29) is 24.3 Å². The second kappa shape index (κ2) is 7.40. The van der Waals surface area contributed by atoms with Gasteiger partial charge in [-0.05, 0) is 25.5 Å². The monoisotopic (exact) mass is 383 g/mol. The fourth-order valence-corrected chi connectivity index (χ4v) is 3.58. The van der Waals surface area contributed by atoms with Gasteiger partial charge >= 0.3 is 5.97 Å². The van der Waals surface area contributed by atoms with Crippen LogP contribution in [0.3, 0.4) is 0 Å². The zero-order valence-electron chi connectivity index (χ0n) is 14.5. The topological polar surface area (TPSA) is 133 Å². The molecule has 0 fully saturated rings. The van der Waals surface area contributed by atoms with E-state index in [2.05, 4.69) is 10.3 Å². The highest BCUT2D eigenvalue weighted by Gasteiger charge is 2.46. The molecule has 9 nitrogen and oxygen atoms in total. The average molecular weight is 383 g/mol. The summed E-state index contributed by atoms with van der Waals surface area (Å²) in [5.74, 6) is -2.67. The smallest absolute Gasteiger partial charge is 0.326 e. The number of amides is 2. The van der Waals surface area contributed by atoms with Crippen LogP contribution in [0, 0.1) is 0 Å². The molecule has 0 saturated heterocycles. The van der Waals surface area contributed by atoms with Crippen LogP contribution in [-0.2, 0) is 24.2 Å². The van der Waals surface area contributed by atoms with Crippen LogP contribution in [0.15, 0.2) is 29.4 Å². The molecule has 0 aliphatic carbocycles. The van der Waals surface area contributed by atoms with Crippen molar-refractivity contribution < 1.29 is 27.9 Å². The third kappa shape index (κ3) is 4.18. The minimum Gasteiger partial charge on any atom is -0.480 e. The third-order valence-corrected chi connectivity index (χ3v) is 6.09. The van der Waals surface area contributed by atoms with E-state index in [1.165, 1.54) is 18.7 Å². The molecule has 0 aromatic heterocycles. The SMILES string of the molecule is CCS(=O)(=O)CCC(NC(=O)C1(C)CC(=O)N=C2C=CC=CN21)C(=O)O. The molecule has 0 bridgehead atoms. The van der Waals surface area contributed by atoms with Crippen molar-refractivity contribution in [3.63, 3.8) is 0 Å². The maximum atomic E-state index is 12.8. The van der Waals surface area contributed by atoms with Gasteiger partial charge < -0.3 is 15.3 Å². The van der Waals surface area contributed by atoms with Gasteiger partial charge in [0.15, 0.2) is 0 Å². The summed E-state index contributed by atoms with van der Waals surface area (Å²) in [6.07, 6.45) is 6.02. The van der Waals surface area contributed by atoms with E-state index in [9.17, 15) is 27.9 Å². The molecule has 0 aromatic carbocycles. The predicted octanol–water partition coefficient (Wildman–Crippen LogP) is -0.146. The molecule has 26 heavy (non-hydrogen) atoms. The van der Waals surface area contributed by atoms with Crippen molar-refractivity contribution in [2.45, 2.75) is 38.3 Å². The normalized spacial score (nSPS) is 23.2. The Morgan fingerprint density at radius 1 is 1.42 bits per heavy atom. The number of aliphatic carboxylic acids is 1. The molecule has 0 radical (unpaired) electrons. The maximum absolute atomic E-state index is 12.8. The second-order valence-corrected chi connectivity index (χ2v) is 8.75. The lowest BCUT2D eigenvalue weighted by Gasteiger charge is -2.42. The summed E-state index contributed by atoms with van der Waals surface area (Å²) in [6.45, 7) is 2.98. The molecule has 2 unspecified atom stereocenters. The zero-order valence-corrected chi connectivity index (χ0v) is 15.3. The number of rotatable bonds is 7. The molecule has 0 saturated carbocycles. The molecule has 2 aliphatic rings. The van der Waals surface area contributed by atoms with E-state index in [0.29, 0.717) is 5.84 Å². The largest absolute Gasteiger partial charge is 0.480 e. The summed E-state index contributed by atoms with van der Waals surface area (Å²) >= 11 is 0. The van der Waals surface area contributed by atoms with Crippen LogP contribution < -0.4 is 5.32 Å². The highest BCUT2D eigenvalue weighted by atomic mass is 32.2. The average Bonchev–Trinajstić information content (AvgIpc) is 2.57. The van der Waals surface area contributed by atoms with Crippen LogP contribution in [0.4, 0.5) is 0 Å². The molecule has 2 rings (SSSR count). The number of sulfone groups is 1. The van der Waals surface area contributed by atoms with Gasteiger partial charge in [0.05, 0.1) is 12.2 Å². The summed E-state index contributed by atoms with van der Waals surface area (Å²) in [5.41, 5.74) is -1.35. The van der Waals surface area contributed by atoms with Crippen LogP contribution in [0.2, 0.25) is 0 Å². The quantitative estimate of drug-likeness (QED) is 0.625. The summed E-state index contributed by atoms with van der Waals surface area (Å²) in [7, 11) is -3.37. The number of carbonyl (C=O) groups is 3. The molecular weight excluding hydrogens is 362 g/mol. The number of aliphatic imine (C=N–C) groups is 1. The van der Waals surface area contributed by atoms with E-state index in [1.54, 1.807) is 24.4 Å². The molecule has 2 heterocycles. The number of carboxylic acids is 1.